The van der Waals surface area contributed by atoms with E-state index in [4.69, 9.17) is 10.5 Å². The lowest BCUT2D eigenvalue weighted by atomic mass is 10.1. The van der Waals surface area contributed by atoms with Crippen LogP contribution in [-0.4, -0.2) is 31.4 Å². The predicted octanol–water partition coefficient (Wildman–Crippen LogP) is 2.30. The summed E-state index contributed by atoms with van der Waals surface area (Å²) in [6, 6.07) is 4.33. The molecule has 0 spiro atoms. The van der Waals surface area contributed by atoms with Gasteiger partial charge in [-0.2, -0.15) is 8.78 Å². The van der Waals surface area contributed by atoms with Crippen LogP contribution < -0.4 is 15.8 Å². The molecule has 0 saturated heterocycles. The van der Waals surface area contributed by atoms with E-state index >= 15 is 0 Å². The van der Waals surface area contributed by atoms with Gasteiger partial charge >= 0.3 is 12.3 Å². The number of halogens is 4. The van der Waals surface area contributed by atoms with E-state index in [1.54, 1.807) is 12.2 Å². The highest BCUT2D eigenvalue weighted by atomic mass is 19.3. The third-order valence-electron chi connectivity index (χ3n) is 2.39. The first kappa shape index (κ1) is 16.1. The molecule has 0 heterocycles. The Morgan fingerprint density at radius 2 is 2.10 bits per heavy atom. The smallest absolute Gasteiger partial charge is 0.324 e. The lowest BCUT2D eigenvalue weighted by molar-refractivity contribution is -0.123. The lowest BCUT2D eigenvalue weighted by Gasteiger charge is -2.17. The van der Waals surface area contributed by atoms with E-state index in [0.29, 0.717) is 0 Å². The third kappa shape index (κ3) is 3.75. The van der Waals surface area contributed by atoms with Gasteiger partial charge in [0.2, 0.25) is 0 Å². The second-order valence-electron chi connectivity index (χ2n) is 3.90. The van der Waals surface area contributed by atoms with Gasteiger partial charge in [0, 0.05) is 5.69 Å². The zero-order valence-electron chi connectivity index (χ0n) is 10.6. The highest BCUT2D eigenvalue weighted by molar-refractivity contribution is 6.01. The van der Waals surface area contributed by atoms with Crippen LogP contribution >= 0.6 is 0 Å². The SMILES string of the molecule is CCOc1cccc(N)c1C(=O)NCC(F)(F)C(F)F. The third-order valence-corrected chi connectivity index (χ3v) is 2.39. The first-order valence-electron chi connectivity index (χ1n) is 5.75. The van der Waals surface area contributed by atoms with Crippen molar-refractivity contribution in [2.75, 3.05) is 18.9 Å². The Morgan fingerprint density at radius 3 is 2.65 bits per heavy atom. The van der Waals surface area contributed by atoms with Gasteiger partial charge in [-0.3, -0.25) is 4.79 Å². The molecule has 0 radical (unpaired) electrons. The van der Waals surface area contributed by atoms with Crippen molar-refractivity contribution < 1.29 is 27.1 Å². The highest BCUT2D eigenvalue weighted by Crippen LogP contribution is 2.25. The number of anilines is 1. The van der Waals surface area contributed by atoms with E-state index in [0.717, 1.165) is 0 Å². The zero-order chi connectivity index (χ0) is 15.3. The van der Waals surface area contributed by atoms with Crippen LogP contribution in [0.2, 0.25) is 0 Å². The maximum absolute atomic E-state index is 12.7. The Hall–Kier alpha value is -1.99. The fraction of sp³-hybridized carbons (Fsp3) is 0.417. The number of nitrogens with two attached hydrogens (primary N) is 1. The van der Waals surface area contributed by atoms with Crippen molar-refractivity contribution in [3.05, 3.63) is 23.8 Å². The minimum atomic E-state index is -4.30. The maximum atomic E-state index is 12.7. The largest absolute Gasteiger partial charge is 0.493 e. The second kappa shape index (κ2) is 6.44. The average Bonchev–Trinajstić information content (AvgIpc) is 2.36. The van der Waals surface area contributed by atoms with Gasteiger partial charge in [0.05, 0.1) is 13.2 Å². The summed E-state index contributed by atoms with van der Waals surface area (Å²) in [5, 5.41) is 1.73. The molecule has 0 aliphatic rings. The molecule has 0 unspecified atom stereocenters. The predicted molar refractivity (Wildman–Crippen MR) is 65.3 cm³/mol. The van der Waals surface area contributed by atoms with Crippen LogP contribution in [0, 0.1) is 0 Å². The Kier molecular flexibility index (Phi) is 5.18. The minimum absolute atomic E-state index is 0.00816. The molecule has 1 aromatic carbocycles. The molecule has 0 saturated carbocycles. The molecule has 3 N–H and O–H groups in total. The van der Waals surface area contributed by atoms with Crippen LogP contribution in [0.3, 0.4) is 0 Å². The van der Waals surface area contributed by atoms with Gasteiger partial charge in [0.25, 0.3) is 5.91 Å². The summed E-state index contributed by atoms with van der Waals surface area (Å²) in [5.74, 6) is -5.19. The fourth-order valence-corrected chi connectivity index (χ4v) is 1.43. The summed E-state index contributed by atoms with van der Waals surface area (Å²) >= 11 is 0. The Bertz CT molecular complexity index is 481. The Morgan fingerprint density at radius 1 is 1.45 bits per heavy atom. The van der Waals surface area contributed by atoms with Crippen LogP contribution in [0.5, 0.6) is 5.75 Å². The summed E-state index contributed by atoms with van der Waals surface area (Å²) in [7, 11) is 0. The van der Waals surface area contributed by atoms with E-state index in [-0.39, 0.29) is 23.6 Å². The number of carbonyl (C=O) groups excluding carboxylic acids is 1. The number of carbonyl (C=O) groups is 1. The number of rotatable bonds is 6. The van der Waals surface area contributed by atoms with Gasteiger partial charge in [-0.25, -0.2) is 8.78 Å². The van der Waals surface area contributed by atoms with E-state index in [1.165, 1.54) is 18.2 Å². The Balaban J connectivity index is 2.88. The quantitative estimate of drug-likeness (QED) is 0.625. The minimum Gasteiger partial charge on any atom is -0.493 e. The molecule has 4 nitrogen and oxygen atoms in total. The molecule has 1 aromatic rings. The molecule has 0 aliphatic heterocycles. The van der Waals surface area contributed by atoms with Crippen LogP contribution in [0.4, 0.5) is 23.2 Å². The summed E-state index contributed by atoms with van der Waals surface area (Å²) in [4.78, 5) is 11.8. The molecule has 0 aromatic heterocycles. The average molecular weight is 294 g/mol. The zero-order valence-corrected chi connectivity index (χ0v) is 10.6. The topological polar surface area (TPSA) is 64.3 Å². The van der Waals surface area contributed by atoms with Crippen molar-refractivity contribution in [3.63, 3.8) is 0 Å². The number of hydrogen-bond acceptors (Lipinski definition) is 3. The molecular weight excluding hydrogens is 280 g/mol. The van der Waals surface area contributed by atoms with Crippen molar-refractivity contribution in [2.24, 2.45) is 0 Å². The maximum Gasteiger partial charge on any atom is 0.324 e. The van der Waals surface area contributed by atoms with Crippen molar-refractivity contribution in [1.82, 2.24) is 5.32 Å². The first-order valence-corrected chi connectivity index (χ1v) is 5.75. The van der Waals surface area contributed by atoms with Crippen molar-refractivity contribution >= 4 is 11.6 Å². The monoisotopic (exact) mass is 294 g/mol. The van der Waals surface area contributed by atoms with Gasteiger partial charge in [-0.1, -0.05) is 6.07 Å². The normalized spacial score (nSPS) is 11.5. The molecule has 8 heteroatoms. The van der Waals surface area contributed by atoms with Crippen LogP contribution in [0.15, 0.2) is 18.2 Å². The first-order chi connectivity index (χ1) is 9.29. The number of amides is 1. The van der Waals surface area contributed by atoms with E-state index in [2.05, 4.69) is 0 Å². The molecule has 0 fully saturated rings. The molecule has 1 rings (SSSR count). The number of nitrogen functional groups attached to an aromatic ring is 1. The van der Waals surface area contributed by atoms with Crippen LogP contribution in [-0.2, 0) is 0 Å². The van der Waals surface area contributed by atoms with Crippen molar-refractivity contribution in [2.45, 2.75) is 19.3 Å². The van der Waals surface area contributed by atoms with E-state index < -0.39 is 24.8 Å². The standard InChI is InChI=1S/C12H14F4N2O2/c1-2-20-8-5-3-4-7(17)9(8)10(19)18-6-12(15,16)11(13)14/h3-5,11H,2,6,17H2,1H3,(H,18,19). The summed E-state index contributed by atoms with van der Waals surface area (Å²) in [6.07, 6.45) is -3.86. The Labute approximate surface area is 112 Å². The number of benzene rings is 1. The van der Waals surface area contributed by atoms with Gasteiger partial charge in [-0.05, 0) is 19.1 Å². The molecule has 0 aliphatic carbocycles. The number of nitrogens with one attached hydrogen (secondary N) is 1. The van der Waals surface area contributed by atoms with E-state index in [1.807, 2.05) is 0 Å². The molecule has 0 atom stereocenters. The number of alkyl halides is 4. The van der Waals surface area contributed by atoms with Gasteiger partial charge in [-0.15, -0.1) is 0 Å². The van der Waals surface area contributed by atoms with Gasteiger partial charge in [0.1, 0.15) is 11.3 Å². The summed E-state index contributed by atoms with van der Waals surface area (Å²) in [5.41, 5.74) is 5.43. The molecule has 112 valence electrons. The molecule has 0 bridgehead atoms. The highest BCUT2D eigenvalue weighted by Gasteiger charge is 2.41. The number of hydrogen-bond donors (Lipinski definition) is 2. The van der Waals surface area contributed by atoms with E-state index in [9.17, 15) is 22.4 Å². The van der Waals surface area contributed by atoms with Gasteiger partial charge in [0.15, 0.2) is 0 Å². The second-order valence-corrected chi connectivity index (χ2v) is 3.90. The van der Waals surface area contributed by atoms with Crippen molar-refractivity contribution in [1.29, 1.82) is 0 Å². The van der Waals surface area contributed by atoms with Gasteiger partial charge < -0.3 is 15.8 Å². The molecule has 20 heavy (non-hydrogen) atoms. The van der Waals surface area contributed by atoms with Crippen LogP contribution in [0.25, 0.3) is 0 Å². The summed E-state index contributed by atoms with van der Waals surface area (Å²) < 4.78 is 54.6. The molecule has 1 amide bonds. The van der Waals surface area contributed by atoms with Crippen LogP contribution in [0.1, 0.15) is 17.3 Å². The lowest BCUT2D eigenvalue weighted by Crippen LogP contribution is -2.41. The fourth-order valence-electron chi connectivity index (χ4n) is 1.43. The van der Waals surface area contributed by atoms with Crippen molar-refractivity contribution in [3.8, 4) is 5.75 Å². The summed E-state index contributed by atoms with van der Waals surface area (Å²) in [6.45, 7) is 0.413. The number of ether oxygens (including phenoxy) is 1. The molecular formula is C12H14F4N2O2.